The Morgan fingerprint density at radius 3 is 2.53 bits per heavy atom. The number of carbonyl (C=O) groups is 2. The average molecular weight is 261 g/mol. The van der Waals surface area contributed by atoms with Crippen LogP contribution >= 0.6 is 12.2 Å². The third-order valence-corrected chi connectivity index (χ3v) is 2.11. The SMILES string of the molecule is CCCC(COC)NC(=O)C(=O)NCC(N)=S. The highest BCUT2D eigenvalue weighted by Crippen LogP contribution is 1.96. The van der Waals surface area contributed by atoms with Crippen LogP contribution in [0.2, 0.25) is 0 Å². The van der Waals surface area contributed by atoms with Gasteiger partial charge in [0.05, 0.1) is 24.2 Å². The van der Waals surface area contributed by atoms with Gasteiger partial charge in [-0.1, -0.05) is 25.6 Å². The lowest BCUT2D eigenvalue weighted by molar-refractivity contribution is -0.139. The minimum absolute atomic E-state index is 0.0182. The summed E-state index contributed by atoms with van der Waals surface area (Å²) in [6, 6.07) is -0.159. The van der Waals surface area contributed by atoms with Gasteiger partial charge in [0.25, 0.3) is 0 Å². The summed E-state index contributed by atoms with van der Waals surface area (Å²) in [5.74, 6) is -1.44. The van der Waals surface area contributed by atoms with Gasteiger partial charge in [-0.25, -0.2) is 0 Å². The number of thiocarbonyl (C=S) groups is 1. The molecule has 0 fully saturated rings. The van der Waals surface area contributed by atoms with E-state index in [9.17, 15) is 9.59 Å². The van der Waals surface area contributed by atoms with Gasteiger partial charge in [-0.3, -0.25) is 9.59 Å². The van der Waals surface area contributed by atoms with Crippen molar-refractivity contribution in [3.63, 3.8) is 0 Å². The van der Waals surface area contributed by atoms with E-state index in [0.29, 0.717) is 6.61 Å². The molecule has 0 heterocycles. The first kappa shape index (κ1) is 15.8. The molecule has 0 radical (unpaired) electrons. The van der Waals surface area contributed by atoms with Crippen molar-refractivity contribution in [1.82, 2.24) is 10.6 Å². The van der Waals surface area contributed by atoms with Gasteiger partial charge in [0.1, 0.15) is 0 Å². The van der Waals surface area contributed by atoms with E-state index in [2.05, 4.69) is 22.9 Å². The van der Waals surface area contributed by atoms with Crippen molar-refractivity contribution < 1.29 is 14.3 Å². The molecule has 0 spiro atoms. The topological polar surface area (TPSA) is 93.4 Å². The Balaban J connectivity index is 4.10. The monoisotopic (exact) mass is 261 g/mol. The van der Waals surface area contributed by atoms with Gasteiger partial charge in [-0.15, -0.1) is 0 Å². The zero-order valence-electron chi connectivity index (χ0n) is 10.1. The van der Waals surface area contributed by atoms with E-state index in [1.54, 1.807) is 7.11 Å². The number of amides is 2. The molecule has 2 amide bonds. The summed E-state index contributed by atoms with van der Waals surface area (Å²) in [4.78, 5) is 22.9. The Morgan fingerprint density at radius 2 is 2.06 bits per heavy atom. The molecule has 0 saturated heterocycles. The third-order valence-electron chi connectivity index (χ3n) is 1.97. The number of carbonyl (C=O) groups excluding carboxylic acids is 2. The van der Waals surface area contributed by atoms with Gasteiger partial charge in [0.2, 0.25) is 0 Å². The van der Waals surface area contributed by atoms with E-state index in [1.165, 1.54) is 0 Å². The zero-order valence-corrected chi connectivity index (χ0v) is 10.9. The second kappa shape index (κ2) is 8.89. The molecule has 0 saturated carbocycles. The van der Waals surface area contributed by atoms with Crippen molar-refractivity contribution in [2.24, 2.45) is 5.73 Å². The molecule has 0 bridgehead atoms. The maximum Gasteiger partial charge on any atom is 0.309 e. The molecule has 0 aromatic heterocycles. The van der Waals surface area contributed by atoms with E-state index in [-0.39, 0.29) is 17.6 Å². The molecular formula is C10H19N3O3S. The van der Waals surface area contributed by atoms with Gasteiger partial charge < -0.3 is 21.1 Å². The lowest BCUT2D eigenvalue weighted by Crippen LogP contribution is -2.47. The number of nitrogens with one attached hydrogen (secondary N) is 2. The van der Waals surface area contributed by atoms with Crippen LogP contribution in [0.15, 0.2) is 0 Å². The molecule has 7 heteroatoms. The zero-order chi connectivity index (χ0) is 13.3. The van der Waals surface area contributed by atoms with Crippen molar-refractivity contribution in [3.05, 3.63) is 0 Å². The van der Waals surface area contributed by atoms with Crippen LogP contribution in [-0.2, 0) is 14.3 Å². The Morgan fingerprint density at radius 1 is 1.41 bits per heavy atom. The standard InChI is InChI=1S/C10H19N3O3S/c1-3-4-7(6-16-2)13-10(15)9(14)12-5-8(11)17/h7H,3-6H2,1-2H3,(H2,11,17)(H,12,14)(H,13,15). The lowest BCUT2D eigenvalue weighted by Gasteiger charge is -2.16. The molecule has 1 atom stereocenters. The van der Waals surface area contributed by atoms with Crippen LogP contribution in [0.4, 0.5) is 0 Å². The van der Waals surface area contributed by atoms with E-state index < -0.39 is 11.8 Å². The molecular weight excluding hydrogens is 242 g/mol. The summed E-state index contributed by atoms with van der Waals surface area (Å²) >= 11 is 4.58. The first-order valence-electron chi connectivity index (χ1n) is 5.37. The number of methoxy groups -OCH3 is 1. The Hall–Kier alpha value is -1.21. The van der Waals surface area contributed by atoms with Gasteiger partial charge in [0, 0.05) is 7.11 Å². The van der Waals surface area contributed by atoms with Crippen LogP contribution in [0.3, 0.4) is 0 Å². The minimum Gasteiger partial charge on any atom is -0.392 e. The van der Waals surface area contributed by atoms with Crippen molar-refractivity contribution in [2.75, 3.05) is 20.3 Å². The summed E-state index contributed by atoms with van der Waals surface area (Å²) in [6.45, 7) is 2.38. The molecule has 17 heavy (non-hydrogen) atoms. The molecule has 4 N–H and O–H groups in total. The van der Waals surface area contributed by atoms with Crippen LogP contribution in [0.1, 0.15) is 19.8 Å². The smallest absolute Gasteiger partial charge is 0.309 e. The normalized spacial score (nSPS) is 11.6. The summed E-state index contributed by atoms with van der Waals surface area (Å²) in [5, 5.41) is 4.90. The highest BCUT2D eigenvalue weighted by molar-refractivity contribution is 7.80. The second-order valence-corrected chi connectivity index (χ2v) is 4.09. The molecule has 0 aliphatic rings. The first-order chi connectivity index (χ1) is 8.01. The van der Waals surface area contributed by atoms with Crippen molar-refractivity contribution >= 4 is 29.0 Å². The molecule has 0 aliphatic carbocycles. The van der Waals surface area contributed by atoms with Crippen LogP contribution in [0.25, 0.3) is 0 Å². The Kier molecular flexibility index (Phi) is 8.25. The molecule has 0 aromatic rings. The van der Waals surface area contributed by atoms with Gasteiger partial charge in [-0.2, -0.15) is 0 Å². The summed E-state index contributed by atoms with van der Waals surface area (Å²) in [5.41, 5.74) is 5.20. The van der Waals surface area contributed by atoms with Gasteiger partial charge in [-0.05, 0) is 6.42 Å². The van der Waals surface area contributed by atoms with E-state index >= 15 is 0 Å². The quantitative estimate of drug-likeness (QED) is 0.417. The molecule has 0 aliphatic heterocycles. The van der Waals surface area contributed by atoms with Crippen molar-refractivity contribution in [2.45, 2.75) is 25.8 Å². The lowest BCUT2D eigenvalue weighted by atomic mass is 10.2. The predicted octanol–water partition coefficient (Wildman–Crippen LogP) is -0.680. The van der Waals surface area contributed by atoms with Gasteiger partial charge in [0.15, 0.2) is 0 Å². The fraction of sp³-hybridized carbons (Fsp3) is 0.700. The number of nitrogens with two attached hydrogens (primary N) is 1. The van der Waals surface area contributed by atoms with Crippen molar-refractivity contribution in [1.29, 1.82) is 0 Å². The summed E-state index contributed by atoms with van der Waals surface area (Å²) in [7, 11) is 1.54. The number of rotatable bonds is 7. The molecule has 0 rings (SSSR count). The van der Waals surface area contributed by atoms with Crippen LogP contribution in [-0.4, -0.2) is 43.1 Å². The average Bonchev–Trinajstić information content (AvgIpc) is 2.26. The summed E-state index contributed by atoms with van der Waals surface area (Å²) in [6.07, 6.45) is 1.64. The largest absolute Gasteiger partial charge is 0.392 e. The van der Waals surface area contributed by atoms with Gasteiger partial charge >= 0.3 is 11.8 Å². The molecule has 1 unspecified atom stereocenters. The summed E-state index contributed by atoms with van der Waals surface area (Å²) < 4.78 is 4.95. The van der Waals surface area contributed by atoms with E-state index in [0.717, 1.165) is 12.8 Å². The van der Waals surface area contributed by atoms with E-state index in [4.69, 9.17) is 10.5 Å². The minimum atomic E-state index is -0.741. The van der Waals surface area contributed by atoms with E-state index in [1.807, 2.05) is 6.92 Å². The maximum atomic E-state index is 11.5. The molecule has 0 aromatic carbocycles. The predicted molar refractivity (Wildman–Crippen MR) is 68.5 cm³/mol. The number of ether oxygens (including phenoxy) is 1. The van der Waals surface area contributed by atoms with Crippen LogP contribution in [0, 0.1) is 0 Å². The second-order valence-electron chi connectivity index (χ2n) is 3.56. The van der Waals surface area contributed by atoms with Crippen LogP contribution in [0.5, 0.6) is 0 Å². The highest BCUT2D eigenvalue weighted by atomic mass is 32.1. The third kappa shape index (κ3) is 7.64. The molecule has 98 valence electrons. The Labute approximate surface area is 106 Å². The molecule has 6 nitrogen and oxygen atoms in total. The maximum absolute atomic E-state index is 11.5. The first-order valence-corrected chi connectivity index (χ1v) is 5.78. The van der Waals surface area contributed by atoms with Crippen LogP contribution < -0.4 is 16.4 Å². The fourth-order valence-corrected chi connectivity index (χ4v) is 1.32. The number of hydrogen-bond donors (Lipinski definition) is 3. The Bertz CT molecular complexity index is 278. The fourth-order valence-electron chi connectivity index (χ4n) is 1.25. The van der Waals surface area contributed by atoms with Crippen molar-refractivity contribution in [3.8, 4) is 0 Å². The number of hydrogen-bond acceptors (Lipinski definition) is 4. The highest BCUT2D eigenvalue weighted by Gasteiger charge is 2.17.